The second-order valence-electron chi connectivity index (χ2n) is 6.61. The highest BCUT2D eigenvalue weighted by atomic mass is 35.5. The predicted molar refractivity (Wildman–Crippen MR) is 100 cm³/mol. The van der Waals surface area contributed by atoms with Gasteiger partial charge in [0.25, 0.3) is 5.91 Å². The Morgan fingerprint density at radius 1 is 1.44 bits per heavy atom. The van der Waals surface area contributed by atoms with Crippen LogP contribution in [0.4, 0.5) is 0 Å². The summed E-state index contributed by atoms with van der Waals surface area (Å²) in [7, 11) is 1.87. The van der Waals surface area contributed by atoms with E-state index >= 15 is 0 Å². The Labute approximate surface area is 155 Å². The second-order valence-corrected chi connectivity index (χ2v) is 8.36. The van der Waals surface area contributed by atoms with Crippen molar-refractivity contribution in [2.24, 2.45) is 7.05 Å². The maximum Gasteiger partial charge on any atom is 0.252 e. The van der Waals surface area contributed by atoms with Crippen molar-refractivity contribution in [2.75, 3.05) is 0 Å². The summed E-state index contributed by atoms with van der Waals surface area (Å²) in [5, 5.41) is 8.38. The molecule has 1 aliphatic carbocycles. The minimum absolute atomic E-state index is 0.0950. The Morgan fingerprint density at radius 3 is 2.84 bits per heavy atom. The summed E-state index contributed by atoms with van der Waals surface area (Å²) in [6.45, 7) is 3.89. The van der Waals surface area contributed by atoms with Crippen LogP contribution in [-0.4, -0.2) is 20.7 Å². The summed E-state index contributed by atoms with van der Waals surface area (Å²) >= 11 is 7.49. The summed E-state index contributed by atoms with van der Waals surface area (Å²) in [6.07, 6.45) is 2.28. The van der Waals surface area contributed by atoms with Crippen LogP contribution in [0.15, 0.2) is 18.2 Å². The second kappa shape index (κ2) is 6.11. The molecule has 1 unspecified atom stereocenters. The number of nitrogens with one attached hydrogen (secondary N) is 1. The van der Waals surface area contributed by atoms with Gasteiger partial charge in [-0.2, -0.15) is 5.10 Å². The summed E-state index contributed by atoms with van der Waals surface area (Å²) in [4.78, 5) is 18.8. The van der Waals surface area contributed by atoms with E-state index in [0.29, 0.717) is 11.5 Å². The molecule has 3 aromatic heterocycles. The van der Waals surface area contributed by atoms with E-state index in [-0.39, 0.29) is 11.9 Å². The zero-order chi connectivity index (χ0) is 17.7. The van der Waals surface area contributed by atoms with Crippen LogP contribution >= 0.6 is 22.9 Å². The minimum Gasteiger partial charge on any atom is -0.345 e. The number of aromatic nitrogens is 3. The van der Waals surface area contributed by atoms with E-state index < -0.39 is 0 Å². The first kappa shape index (κ1) is 16.5. The maximum atomic E-state index is 13.0. The standard InChI is InChI=1S/C18H19ClN4OS/c1-9(14-6-7-15(19)25-14)20-18(24)12-8-13(11-4-5-11)21-17-16(12)10(2)22-23(17)3/h6-9,11H,4-5H2,1-3H3,(H,20,24). The van der Waals surface area contributed by atoms with Gasteiger partial charge in [-0.3, -0.25) is 9.48 Å². The number of halogens is 1. The monoisotopic (exact) mass is 374 g/mol. The maximum absolute atomic E-state index is 13.0. The normalized spacial score (nSPS) is 15.5. The fraction of sp³-hybridized carbons (Fsp3) is 0.389. The third-order valence-corrected chi connectivity index (χ3v) is 6.01. The molecule has 0 bridgehead atoms. The van der Waals surface area contributed by atoms with Crippen LogP contribution in [0.1, 0.15) is 58.3 Å². The van der Waals surface area contributed by atoms with Crippen molar-refractivity contribution in [3.8, 4) is 0 Å². The van der Waals surface area contributed by atoms with Crippen molar-refractivity contribution in [3.63, 3.8) is 0 Å². The molecule has 1 N–H and O–H groups in total. The Hall–Kier alpha value is -1.92. The molecule has 4 rings (SSSR count). The zero-order valence-corrected chi connectivity index (χ0v) is 15.9. The molecule has 1 fully saturated rings. The SMILES string of the molecule is Cc1nn(C)c2nc(C3CC3)cc(C(=O)NC(C)c3ccc(Cl)s3)c12. The van der Waals surface area contributed by atoms with Crippen LogP contribution in [0.3, 0.4) is 0 Å². The molecule has 0 aromatic carbocycles. The Bertz CT molecular complexity index is 973. The highest BCUT2D eigenvalue weighted by Crippen LogP contribution is 2.40. The van der Waals surface area contributed by atoms with Crippen molar-refractivity contribution in [3.05, 3.63) is 44.4 Å². The van der Waals surface area contributed by atoms with Crippen molar-refractivity contribution in [1.29, 1.82) is 0 Å². The molecule has 1 aliphatic rings. The number of aryl methyl sites for hydroxylation is 2. The Morgan fingerprint density at radius 2 is 2.20 bits per heavy atom. The number of hydrogen-bond donors (Lipinski definition) is 1. The van der Waals surface area contributed by atoms with E-state index in [4.69, 9.17) is 16.6 Å². The molecule has 0 aliphatic heterocycles. The van der Waals surface area contributed by atoms with Gasteiger partial charge in [0.05, 0.1) is 27.0 Å². The lowest BCUT2D eigenvalue weighted by Crippen LogP contribution is -2.26. The molecule has 25 heavy (non-hydrogen) atoms. The number of nitrogens with zero attached hydrogens (tertiary/aromatic N) is 3. The van der Waals surface area contributed by atoms with Gasteiger partial charge in [-0.1, -0.05) is 11.6 Å². The molecular formula is C18H19ClN4OS. The van der Waals surface area contributed by atoms with E-state index in [1.54, 1.807) is 4.68 Å². The molecule has 0 saturated heterocycles. The predicted octanol–water partition coefficient (Wildman–Crippen LogP) is 4.36. The van der Waals surface area contributed by atoms with Gasteiger partial charge in [0.1, 0.15) is 0 Å². The van der Waals surface area contributed by atoms with Crippen LogP contribution in [0.25, 0.3) is 11.0 Å². The topological polar surface area (TPSA) is 59.8 Å². The first-order valence-corrected chi connectivity index (χ1v) is 9.54. The third kappa shape index (κ3) is 3.04. The van der Waals surface area contributed by atoms with Crippen LogP contribution in [0.5, 0.6) is 0 Å². The number of rotatable bonds is 4. The molecule has 7 heteroatoms. The van der Waals surface area contributed by atoms with Gasteiger partial charge in [0.2, 0.25) is 0 Å². The summed E-state index contributed by atoms with van der Waals surface area (Å²) in [6, 6.07) is 5.64. The average Bonchev–Trinajstić information content (AvgIpc) is 3.27. The number of carbonyl (C=O) groups is 1. The van der Waals surface area contributed by atoms with Gasteiger partial charge in [0, 0.05) is 23.5 Å². The lowest BCUT2D eigenvalue weighted by atomic mass is 10.1. The molecule has 3 heterocycles. The Kier molecular flexibility index (Phi) is 4.04. The molecule has 0 radical (unpaired) electrons. The number of amides is 1. The number of hydrogen-bond acceptors (Lipinski definition) is 4. The first-order chi connectivity index (χ1) is 11.9. The number of thiophene rings is 1. The van der Waals surface area contributed by atoms with Crippen LogP contribution in [-0.2, 0) is 7.05 Å². The number of pyridine rings is 1. The van der Waals surface area contributed by atoms with Crippen LogP contribution in [0, 0.1) is 6.92 Å². The third-order valence-electron chi connectivity index (χ3n) is 4.60. The lowest BCUT2D eigenvalue weighted by Gasteiger charge is -2.14. The van der Waals surface area contributed by atoms with Crippen molar-refractivity contribution >= 4 is 39.9 Å². The van der Waals surface area contributed by atoms with E-state index in [2.05, 4.69) is 10.4 Å². The molecule has 1 amide bonds. The van der Waals surface area contributed by atoms with Gasteiger partial charge in [-0.05, 0) is 44.9 Å². The van der Waals surface area contributed by atoms with E-state index in [9.17, 15) is 4.79 Å². The quantitative estimate of drug-likeness (QED) is 0.738. The number of fused-ring (bicyclic) bond motifs is 1. The van der Waals surface area contributed by atoms with Gasteiger partial charge in [-0.15, -0.1) is 11.3 Å². The van der Waals surface area contributed by atoms with Crippen molar-refractivity contribution in [2.45, 2.75) is 38.6 Å². The highest BCUT2D eigenvalue weighted by Gasteiger charge is 2.28. The van der Waals surface area contributed by atoms with Crippen LogP contribution in [0.2, 0.25) is 4.34 Å². The van der Waals surface area contributed by atoms with Gasteiger partial charge < -0.3 is 5.32 Å². The first-order valence-electron chi connectivity index (χ1n) is 8.34. The summed E-state index contributed by atoms with van der Waals surface area (Å²) in [5.74, 6) is 0.377. The van der Waals surface area contributed by atoms with E-state index in [1.165, 1.54) is 11.3 Å². The fourth-order valence-electron chi connectivity index (χ4n) is 3.14. The van der Waals surface area contributed by atoms with Gasteiger partial charge in [0.15, 0.2) is 5.65 Å². The van der Waals surface area contributed by atoms with Crippen molar-refractivity contribution in [1.82, 2.24) is 20.1 Å². The molecule has 1 saturated carbocycles. The molecule has 1 atom stereocenters. The minimum atomic E-state index is -0.102. The van der Waals surface area contributed by atoms with E-state index in [1.807, 2.05) is 39.1 Å². The van der Waals surface area contributed by atoms with E-state index in [0.717, 1.165) is 44.5 Å². The highest BCUT2D eigenvalue weighted by molar-refractivity contribution is 7.16. The molecule has 3 aromatic rings. The molecular weight excluding hydrogens is 356 g/mol. The molecule has 130 valence electrons. The summed E-state index contributed by atoms with van der Waals surface area (Å²) < 4.78 is 2.48. The van der Waals surface area contributed by atoms with Gasteiger partial charge in [-0.25, -0.2) is 4.98 Å². The average molecular weight is 375 g/mol. The lowest BCUT2D eigenvalue weighted by molar-refractivity contribution is 0.0942. The van der Waals surface area contributed by atoms with Crippen LogP contribution < -0.4 is 5.32 Å². The summed E-state index contributed by atoms with van der Waals surface area (Å²) in [5.41, 5.74) is 3.25. The fourth-order valence-corrected chi connectivity index (χ4v) is 4.20. The Balaban J connectivity index is 1.72. The largest absolute Gasteiger partial charge is 0.345 e. The smallest absolute Gasteiger partial charge is 0.252 e. The molecule has 5 nitrogen and oxygen atoms in total. The van der Waals surface area contributed by atoms with Gasteiger partial charge >= 0.3 is 0 Å². The molecule has 0 spiro atoms. The number of carbonyl (C=O) groups excluding carboxylic acids is 1. The zero-order valence-electron chi connectivity index (χ0n) is 14.3. The van der Waals surface area contributed by atoms with Crippen molar-refractivity contribution < 1.29 is 4.79 Å².